The van der Waals surface area contributed by atoms with Crippen LogP contribution in [0.25, 0.3) is 0 Å². The van der Waals surface area contributed by atoms with Crippen LogP contribution >= 0.6 is 15.9 Å². The van der Waals surface area contributed by atoms with Gasteiger partial charge in [-0.15, -0.1) is 0 Å². The van der Waals surface area contributed by atoms with Crippen molar-refractivity contribution < 1.29 is 14.6 Å². The van der Waals surface area contributed by atoms with Crippen molar-refractivity contribution in [3.05, 3.63) is 72.7 Å². The van der Waals surface area contributed by atoms with Gasteiger partial charge in [-0.05, 0) is 24.3 Å². The second-order valence-corrected chi connectivity index (χ2v) is 5.10. The van der Waals surface area contributed by atoms with Gasteiger partial charge in [0.05, 0.1) is 15.9 Å². The zero-order valence-corrected chi connectivity index (χ0v) is 12.4. The molecule has 0 radical (unpaired) electrons. The van der Waals surface area contributed by atoms with E-state index < -0.39 is 27.1 Å². The van der Waals surface area contributed by atoms with Crippen molar-refractivity contribution >= 4 is 38.9 Å². The number of nitrogens with zero attached hydrogens (tertiary/aromatic N) is 2. The number of hydrogen-bond acceptors (Lipinski definition) is 5. The summed E-state index contributed by atoms with van der Waals surface area (Å²) in [6.07, 6.45) is 0. The molecule has 2 aromatic carbocycles. The second-order valence-electron chi connectivity index (χ2n) is 4.18. The lowest BCUT2D eigenvalue weighted by molar-refractivity contribution is -0.393. The van der Waals surface area contributed by atoms with Gasteiger partial charge >= 0.3 is 0 Å². The molecule has 0 atom stereocenters. The van der Waals surface area contributed by atoms with E-state index >= 15 is 0 Å². The highest BCUT2D eigenvalue weighted by molar-refractivity contribution is 9.10. The molecule has 2 rings (SSSR count). The third kappa shape index (κ3) is 3.44. The molecule has 0 fully saturated rings. The first-order valence-corrected chi connectivity index (χ1v) is 6.67. The first kappa shape index (κ1) is 15.6. The van der Waals surface area contributed by atoms with Crippen LogP contribution in [0.3, 0.4) is 0 Å². The van der Waals surface area contributed by atoms with Gasteiger partial charge in [-0.3, -0.25) is 25.0 Å². The van der Waals surface area contributed by atoms with Gasteiger partial charge in [0.2, 0.25) is 0 Å². The van der Waals surface area contributed by atoms with E-state index in [9.17, 15) is 25.0 Å². The number of benzene rings is 2. The van der Waals surface area contributed by atoms with Crippen LogP contribution in [-0.2, 0) is 0 Å². The Morgan fingerprint density at radius 2 is 1.77 bits per heavy atom. The molecule has 0 unspecified atom stereocenters. The zero-order chi connectivity index (χ0) is 16.3. The van der Waals surface area contributed by atoms with Gasteiger partial charge in [0, 0.05) is 16.1 Å². The van der Waals surface area contributed by atoms with Crippen molar-refractivity contribution in [1.29, 1.82) is 0 Å². The van der Waals surface area contributed by atoms with E-state index in [1.165, 1.54) is 6.07 Å². The Morgan fingerprint density at radius 3 is 2.36 bits per heavy atom. The predicted molar refractivity (Wildman–Crippen MR) is 81.8 cm³/mol. The lowest BCUT2D eigenvalue weighted by atomic mass is 10.2. The Balaban J connectivity index is 2.34. The van der Waals surface area contributed by atoms with E-state index in [1.807, 2.05) is 0 Å². The average molecular weight is 366 g/mol. The van der Waals surface area contributed by atoms with Crippen molar-refractivity contribution in [2.75, 3.05) is 5.32 Å². The third-order valence-corrected chi connectivity index (χ3v) is 3.22. The number of nitrogens with one attached hydrogen (secondary N) is 1. The van der Waals surface area contributed by atoms with Gasteiger partial charge in [-0.25, -0.2) is 0 Å². The number of nitro groups is 2. The van der Waals surface area contributed by atoms with E-state index in [0.29, 0.717) is 10.0 Å². The van der Waals surface area contributed by atoms with Crippen LogP contribution < -0.4 is 5.32 Å². The van der Waals surface area contributed by atoms with Crippen LogP contribution in [0.4, 0.5) is 17.1 Å². The summed E-state index contributed by atoms with van der Waals surface area (Å²) in [5, 5.41) is 24.0. The first-order chi connectivity index (χ1) is 10.4. The molecule has 0 aliphatic rings. The van der Waals surface area contributed by atoms with Crippen molar-refractivity contribution in [2.24, 2.45) is 0 Å². The Hall–Kier alpha value is -2.81. The number of halogens is 1. The van der Waals surface area contributed by atoms with Gasteiger partial charge in [-0.1, -0.05) is 22.0 Å². The number of nitro benzene ring substituents is 2. The molecular formula is C13H8BrN3O5. The Labute approximate surface area is 132 Å². The molecule has 1 amide bonds. The molecular weight excluding hydrogens is 358 g/mol. The molecule has 112 valence electrons. The number of amides is 1. The number of hydrogen-bond donors (Lipinski definition) is 1. The van der Waals surface area contributed by atoms with Gasteiger partial charge in [0.25, 0.3) is 17.3 Å². The number of non-ortho nitro benzene ring substituents is 1. The molecule has 0 bridgehead atoms. The maximum atomic E-state index is 12.1. The average Bonchev–Trinajstić information content (AvgIpc) is 2.47. The summed E-state index contributed by atoms with van der Waals surface area (Å²) in [7, 11) is 0. The van der Waals surface area contributed by atoms with Crippen LogP contribution in [0, 0.1) is 20.2 Å². The number of carbonyl (C=O) groups excluding carboxylic acids is 1. The molecule has 0 aromatic heterocycles. The molecule has 0 aliphatic carbocycles. The smallest absolute Gasteiger partial charge is 0.299 e. The van der Waals surface area contributed by atoms with Crippen molar-refractivity contribution in [2.45, 2.75) is 0 Å². The number of anilines is 1. The summed E-state index contributed by atoms with van der Waals surface area (Å²) < 4.78 is 0.679. The van der Waals surface area contributed by atoms with Crippen LogP contribution in [0.2, 0.25) is 0 Å². The fourth-order valence-corrected chi connectivity index (χ4v) is 2.11. The van der Waals surface area contributed by atoms with Crippen LogP contribution in [0.15, 0.2) is 46.9 Å². The van der Waals surface area contributed by atoms with Gasteiger partial charge < -0.3 is 5.32 Å². The van der Waals surface area contributed by atoms with Crippen molar-refractivity contribution in [3.8, 4) is 0 Å². The Bertz CT molecular complexity index is 778. The van der Waals surface area contributed by atoms with E-state index in [1.54, 1.807) is 18.2 Å². The van der Waals surface area contributed by atoms with Crippen molar-refractivity contribution in [1.82, 2.24) is 0 Å². The predicted octanol–water partition coefficient (Wildman–Crippen LogP) is 3.52. The first-order valence-electron chi connectivity index (χ1n) is 5.88. The summed E-state index contributed by atoms with van der Waals surface area (Å²) in [5.41, 5.74) is -0.785. The summed E-state index contributed by atoms with van der Waals surface area (Å²) >= 11 is 3.22. The molecule has 9 heteroatoms. The SMILES string of the molecule is O=C(Nc1ccc([N+](=O)[O-])cc1[N+](=O)[O-])c1cccc(Br)c1. The summed E-state index contributed by atoms with van der Waals surface area (Å²) in [6.45, 7) is 0. The molecule has 0 heterocycles. The molecule has 0 spiro atoms. The van der Waals surface area contributed by atoms with Crippen LogP contribution in [0.1, 0.15) is 10.4 Å². The zero-order valence-electron chi connectivity index (χ0n) is 10.9. The summed E-state index contributed by atoms with van der Waals surface area (Å²) in [4.78, 5) is 32.2. The molecule has 1 N–H and O–H groups in total. The molecule has 0 saturated carbocycles. The number of carbonyl (C=O) groups is 1. The van der Waals surface area contributed by atoms with Crippen LogP contribution in [0.5, 0.6) is 0 Å². The topological polar surface area (TPSA) is 115 Å². The van der Waals surface area contributed by atoms with Crippen molar-refractivity contribution in [3.63, 3.8) is 0 Å². The third-order valence-electron chi connectivity index (χ3n) is 2.72. The molecule has 2 aromatic rings. The van der Waals surface area contributed by atoms with E-state index in [4.69, 9.17) is 0 Å². The Morgan fingerprint density at radius 1 is 1.05 bits per heavy atom. The fourth-order valence-electron chi connectivity index (χ4n) is 1.71. The normalized spacial score (nSPS) is 10.0. The lowest BCUT2D eigenvalue weighted by Gasteiger charge is -2.06. The largest absolute Gasteiger partial charge is 0.316 e. The summed E-state index contributed by atoms with van der Waals surface area (Å²) in [6, 6.07) is 9.48. The Kier molecular flexibility index (Phi) is 4.47. The maximum Gasteiger partial charge on any atom is 0.299 e. The molecule has 0 saturated heterocycles. The summed E-state index contributed by atoms with van der Waals surface area (Å²) in [5.74, 6) is -0.557. The van der Waals surface area contributed by atoms with Crippen LogP contribution in [-0.4, -0.2) is 15.8 Å². The van der Waals surface area contributed by atoms with E-state index in [0.717, 1.165) is 18.2 Å². The molecule has 8 nitrogen and oxygen atoms in total. The monoisotopic (exact) mass is 365 g/mol. The van der Waals surface area contributed by atoms with E-state index in [2.05, 4.69) is 21.2 Å². The van der Waals surface area contributed by atoms with Gasteiger partial charge in [-0.2, -0.15) is 0 Å². The fraction of sp³-hybridized carbons (Fsp3) is 0. The molecule has 22 heavy (non-hydrogen) atoms. The van der Waals surface area contributed by atoms with E-state index in [-0.39, 0.29) is 5.69 Å². The lowest BCUT2D eigenvalue weighted by Crippen LogP contribution is -2.13. The second kappa shape index (κ2) is 6.31. The number of rotatable bonds is 4. The van der Waals surface area contributed by atoms with Gasteiger partial charge in [0.15, 0.2) is 0 Å². The highest BCUT2D eigenvalue weighted by atomic mass is 79.9. The minimum atomic E-state index is -0.788. The quantitative estimate of drug-likeness (QED) is 0.657. The highest BCUT2D eigenvalue weighted by Crippen LogP contribution is 2.29. The molecule has 0 aliphatic heterocycles. The van der Waals surface area contributed by atoms with Gasteiger partial charge in [0.1, 0.15) is 5.69 Å². The standard InChI is InChI=1S/C13H8BrN3O5/c14-9-3-1-2-8(6-9)13(18)15-11-5-4-10(16(19)20)7-12(11)17(21)22/h1-7H,(H,15,18). The maximum absolute atomic E-state index is 12.1. The highest BCUT2D eigenvalue weighted by Gasteiger charge is 2.21. The minimum absolute atomic E-state index is 0.111. The minimum Gasteiger partial charge on any atom is -0.316 e.